The second-order valence-corrected chi connectivity index (χ2v) is 7.49. The Morgan fingerprint density at radius 1 is 0.852 bits per heavy atom. The highest BCUT2D eigenvalue weighted by molar-refractivity contribution is 6.28. The summed E-state index contributed by atoms with van der Waals surface area (Å²) in [4.78, 5) is 15.2. The van der Waals surface area contributed by atoms with Gasteiger partial charge in [-0.15, -0.1) is 0 Å². The molecule has 3 aromatic carbocycles. The fourth-order valence-electron chi connectivity index (χ4n) is 4.49. The third-order valence-corrected chi connectivity index (χ3v) is 5.77. The van der Waals surface area contributed by atoms with E-state index < -0.39 is 6.10 Å². The van der Waals surface area contributed by atoms with Gasteiger partial charge in [0.15, 0.2) is 0 Å². The van der Waals surface area contributed by atoms with Crippen LogP contribution in [0.5, 0.6) is 0 Å². The number of hydrogen-bond donors (Lipinski definition) is 1. The Balaban J connectivity index is 1.71. The van der Waals surface area contributed by atoms with Crippen LogP contribution in [0.2, 0.25) is 0 Å². The van der Waals surface area contributed by atoms with Gasteiger partial charge in [0.1, 0.15) is 0 Å². The van der Waals surface area contributed by atoms with Crippen LogP contribution in [0.3, 0.4) is 0 Å². The summed E-state index contributed by atoms with van der Waals surface area (Å²) < 4.78 is 0. The number of fused-ring (bicyclic) bond motifs is 2. The lowest BCUT2D eigenvalue weighted by Crippen LogP contribution is -2.40. The standard InChI is InChI=1S/C24H21NO2/c26-21-13-20-14-22(19-11-10-16-6-4-5-9-18(16)12-19)23(24(27)25(20)15-21)17-7-2-1-3-8-17/h1-12,20-21,26H,13-15H2/t20-,21-/m1/s1. The van der Waals surface area contributed by atoms with E-state index in [-0.39, 0.29) is 11.9 Å². The minimum atomic E-state index is -0.424. The molecule has 3 nitrogen and oxygen atoms in total. The van der Waals surface area contributed by atoms with E-state index in [4.69, 9.17) is 0 Å². The Morgan fingerprint density at radius 3 is 2.41 bits per heavy atom. The first-order valence-corrected chi connectivity index (χ1v) is 9.47. The molecule has 134 valence electrons. The summed E-state index contributed by atoms with van der Waals surface area (Å²) in [6.07, 6.45) is 1.02. The topological polar surface area (TPSA) is 40.5 Å². The van der Waals surface area contributed by atoms with Gasteiger partial charge in [0, 0.05) is 12.6 Å². The number of aliphatic hydroxyl groups is 1. The third-order valence-electron chi connectivity index (χ3n) is 5.77. The van der Waals surface area contributed by atoms with Gasteiger partial charge in [-0.2, -0.15) is 0 Å². The fourth-order valence-corrected chi connectivity index (χ4v) is 4.49. The highest BCUT2D eigenvalue weighted by Gasteiger charge is 2.41. The fraction of sp³-hybridized carbons (Fsp3) is 0.208. The molecule has 2 aliphatic rings. The monoisotopic (exact) mass is 355 g/mol. The Hall–Kier alpha value is -2.91. The minimum absolute atomic E-state index is 0.0390. The Bertz CT molecular complexity index is 1050. The summed E-state index contributed by atoms with van der Waals surface area (Å²) in [6.45, 7) is 0.435. The molecule has 5 rings (SSSR count). The van der Waals surface area contributed by atoms with E-state index >= 15 is 0 Å². The largest absolute Gasteiger partial charge is 0.391 e. The number of carbonyl (C=O) groups is 1. The van der Waals surface area contributed by atoms with Crippen molar-refractivity contribution in [2.45, 2.75) is 25.0 Å². The number of aliphatic hydroxyl groups excluding tert-OH is 1. The number of carbonyl (C=O) groups excluding carboxylic acids is 1. The quantitative estimate of drug-likeness (QED) is 0.751. The summed E-state index contributed by atoms with van der Waals surface area (Å²) in [7, 11) is 0. The number of benzene rings is 3. The highest BCUT2D eigenvalue weighted by Crippen LogP contribution is 2.41. The molecule has 0 spiro atoms. The van der Waals surface area contributed by atoms with Gasteiger partial charge in [-0.3, -0.25) is 4.79 Å². The maximum absolute atomic E-state index is 13.4. The minimum Gasteiger partial charge on any atom is -0.391 e. The van der Waals surface area contributed by atoms with Gasteiger partial charge in [0.2, 0.25) is 0 Å². The molecule has 0 radical (unpaired) electrons. The zero-order valence-corrected chi connectivity index (χ0v) is 15.0. The van der Waals surface area contributed by atoms with Crippen LogP contribution in [0.1, 0.15) is 24.0 Å². The summed E-state index contributed by atoms with van der Waals surface area (Å²) in [5, 5.41) is 12.5. The first-order chi connectivity index (χ1) is 13.2. The first kappa shape index (κ1) is 16.3. The van der Waals surface area contributed by atoms with Gasteiger partial charge >= 0.3 is 0 Å². The van der Waals surface area contributed by atoms with Crippen LogP contribution in [0.15, 0.2) is 72.8 Å². The van der Waals surface area contributed by atoms with Crippen molar-refractivity contribution in [3.8, 4) is 0 Å². The second-order valence-electron chi connectivity index (χ2n) is 7.49. The molecule has 0 aliphatic carbocycles. The van der Waals surface area contributed by atoms with Crippen molar-refractivity contribution >= 4 is 27.8 Å². The molecule has 1 saturated heterocycles. The van der Waals surface area contributed by atoms with Crippen LogP contribution in [-0.4, -0.2) is 34.6 Å². The molecule has 0 saturated carbocycles. The maximum atomic E-state index is 13.4. The predicted molar refractivity (Wildman–Crippen MR) is 108 cm³/mol. The lowest BCUT2D eigenvalue weighted by molar-refractivity contribution is -0.126. The average molecular weight is 355 g/mol. The molecule has 27 heavy (non-hydrogen) atoms. The predicted octanol–water partition coefficient (Wildman–Crippen LogP) is 4.12. The highest BCUT2D eigenvalue weighted by atomic mass is 16.3. The number of nitrogens with zero attached hydrogens (tertiary/aromatic N) is 1. The third kappa shape index (κ3) is 2.75. The SMILES string of the molecule is O=C1C(c2ccccc2)=C(c2ccc3ccccc3c2)C[C@H]2C[C@@H](O)CN12. The molecule has 1 amide bonds. The molecule has 2 heterocycles. The van der Waals surface area contributed by atoms with Gasteiger partial charge in [0.25, 0.3) is 5.91 Å². The molecule has 0 unspecified atom stereocenters. The molecule has 1 fully saturated rings. The Kier molecular flexibility index (Phi) is 3.83. The summed E-state index contributed by atoms with van der Waals surface area (Å²) in [5.41, 5.74) is 3.91. The molecule has 3 aromatic rings. The molecule has 3 heteroatoms. The number of hydrogen-bond acceptors (Lipinski definition) is 2. The van der Waals surface area contributed by atoms with Crippen LogP contribution in [0.4, 0.5) is 0 Å². The molecule has 0 aromatic heterocycles. The van der Waals surface area contributed by atoms with Gasteiger partial charge < -0.3 is 10.0 Å². The number of rotatable bonds is 2. The van der Waals surface area contributed by atoms with Crippen molar-refractivity contribution in [3.63, 3.8) is 0 Å². The number of amides is 1. The van der Waals surface area contributed by atoms with Crippen LogP contribution in [-0.2, 0) is 4.79 Å². The smallest absolute Gasteiger partial charge is 0.255 e. The summed E-state index contributed by atoms with van der Waals surface area (Å²) in [6, 6.07) is 24.7. The van der Waals surface area contributed by atoms with E-state index in [9.17, 15) is 9.90 Å². The van der Waals surface area contributed by atoms with E-state index in [1.165, 1.54) is 10.8 Å². The van der Waals surface area contributed by atoms with Crippen LogP contribution in [0.25, 0.3) is 21.9 Å². The van der Waals surface area contributed by atoms with Crippen molar-refractivity contribution in [1.82, 2.24) is 4.90 Å². The van der Waals surface area contributed by atoms with Crippen LogP contribution >= 0.6 is 0 Å². The lowest BCUT2D eigenvalue weighted by atomic mass is 9.85. The second kappa shape index (κ2) is 6.36. The van der Waals surface area contributed by atoms with E-state index in [0.717, 1.165) is 28.7 Å². The van der Waals surface area contributed by atoms with Gasteiger partial charge in [-0.25, -0.2) is 0 Å². The average Bonchev–Trinajstić information content (AvgIpc) is 3.09. The molecule has 2 atom stereocenters. The van der Waals surface area contributed by atoms with Crippen molar-refractivity contribution in [3.05, 3.63) is 83.9 Å². The zero-order chi connectivity index (χ0) is 18.4. The van der Waals surface area contributed by atoms with Crippen molar-refractivity contribution in [1.29, 1.82) is 0 Å². The maximum Gasteiger partial charge on any atom is 0.255 e. The van der Waals surface area contributed by atoms with Crippen molar-refractivity contribution in [2.75, 3.05) is 6.54 Å². The normalized spacial score (nSPS) is 22.4. The van der Waals surface area contributed by atoms with E-state index in [2.05, 4.69) is 30.3 Å². The Morgan fingerprint density at radius 2 is 1.59 bits per heavy atom. The van der Waals surface area contributed by atoms with E-state index in [1.807, 2.05) is 47.4 Å². The Labute approximate surface area is 158 Å². The molecule has 2 aliphatic heterocycles. The van der Waals surface area contributed by atoms with E-state index in [0.29, 0.717) is 13.0 Å². The first-order valence-electron chi connectivity index (χ1n) is 9.47. The lowest BCUT2D eigenvalue weighted by Gasteiger charge is -2.33. The zero-order valence-electron chi connectivity index (χ0n) is 15.0. The summed E-state index contributed by atoms with van der Waals surface area (Å²) >= 11 is 0. The molecule has 1 N–H and O–H groups in total. The van der Waals surface area contributed by atoms with Crippen molar-refractivity contribution in [2.24, 2.45) is 0 Å². The van der Waals surface area contributed by atoms with Gasteiger partial charge in [-0.1, -0.05) is 66.7 Å². The summed E-state index contributed by atoms with van der Waals surface area (Å²) in [5.74, 6) is 0.0390. The molecular formula is C24H21NO2. The van der Waals surface area contributed by atoms with Crippen LogP contribution in [0, 0.1) is 0 Å². The van der Waals surface area contributed by atoms with Crippen molar-refractivity contribution < 1.29 is 9.90 Å². The molecular weight excluding hydrogens is 334 g/mol. The molecule has 0 bridgehead atoms. The van der Waals surface area contributed by atoms with Gasteiger partial charge in [-0.05, 0) is 46.4 Å². The van der Waals surface area contributed by atoms with Crippen LogP contribution < -0.4 is 0 Å². The van der Waals surface area contributed by atoms with E-state index in [1.54, 1.807) is 0 Å². The van der Waals surface area contributed by atoms with Gasteiger partial charge in [0.05, 0.1) is 11.7 Å².